The van der Waals surface area contributed by atoms with Crippen LogP contribution in [0.5, 0.6) is 5.75 Å². The van der Waals surface area contributed by atoms with Crippen molar-refractivity contribution in [3.8, 4) is 5.75 Å². The van der Waals surface area contributed by atoms with Crippen LogP contribution in [0.25, 0.3) is 12.2 Å². The van der Waals surface area contributed by atoms with Crippen LogP contribution in [0, 0.1) is 20.8 Å². The van der Waals surface area contributed by atoms with Gasteiger partial charge in [-0.1, -0.05) is 29.8 Å². The van der Waals surface area contributed by atoms with Gasteiger partial charge in [-0.25, -0.2) is 0 Å². The van der Waals surface area contributed by atoms with Crippen LogP contribution in [0.15, 0.2) is 42.1 Å². The Balaban J connectivity index is 2.26. The lowest BCUT2D eigenvalue weighted by molar-refractivity contribution is 0.415. The highest BCUT2D eigenvalue weighted by Crippen LogP contribution is 2.18. The Bertz CT molecular complexity index is 634. The van der Waals surface area contributed by atoms with Gasteiger partial charge in [0.25, 0.3) is 0 Å². The minimum absolute atomic E-state index is 0.872. The largest absolute Gasteiger partial charge is 0.497 e. The van der Waals surface area contributed by atoms with Gasteiger partial charge in [-0.15, -0.1) is 5.73 Å². The number of hydrogen-bond donors (Lipinski definition) is 0. The van der Waals surface area contributed by atoms with Crippen molar-refractivity contribution < 1.29 is 4.74 Å². The third kappa shape index (κ3) is 3.40. The lowest BCUT2D eigenvalue weighted by Crippen LogP contribution is -1.87. The fourth-order valence-electron chi connectivity index (χ4n) is 2.34. The van der Waals surface area contributed by atoms with Gasteiger partial charge >= 0.3 is 0 Å². The Morgan fingerprint density at radius 2 is 1.50 bits per heavy atom. The molecule has 2 aromatic rings. The Kier molecular flexibility index (Phi) is 4.45. The first-order valence-corrected chi connectivity index (χ1v) is 6.74. The maximum Gasteiger partial charge on any atom is 0.118 e. The molecular formula is C19H20O. The average Bonchev–Trinajstić information content (AvgIpc) is 2.42. The van der Waals surface area contributed by atoms with Crippen molar-refractivity contribution in [1.29, 1.82) is 0 Å². The summed E-state index contributed by atoms with van der Waals surface area (Å²) in [6.45, 7) is 6.41. The quantitative estimate of drug-likeness (QED) is 0.713. The van der Waals surface area contributed by atoms with E-state index in [2.05, 4.69) is 38.6 Å². The second kappa shape index (κ2) is 6.27. The van der Waals surface area contributed by atoms with Gasteiger partial charge in [0.2, 0.25) is 0 Å². The first kappa shape index (κ1) is 14.2. The third-order valence-corrected chi connectivity index (χ3v) is 3.33. The molecule has 0 fully saturated rings. The van der Waals surface area contributed by atoms with Gasteiger partial charge in [0.05, 0.1) is 7.11 Å². The predicted molar refractivity (Wildman–Crippen MR) is 86.1 cm³/mol. The van der Waals surface area contributed by atoms with Gasteiger partial charge in [-0.2, -0.15) is 0 Å². The molecule has 0 N–H and O–H groups in total. The SMILES string of the molecule is COc1ccc(C=C=Cc2c(C)cc(C)cc2C)cc1. The lowest BCUT2D eigenvalue weighted by Gasteiger charge is -2.05. The van der Waals surface area contributed by atoms with E-state index in [-0.39, 0.29) is 0 Å². The summed E-state index contributed by atoms with van der Waals surface area (Å²) >= 11 is 0. The number of methoxy groups -OCH3 is 1. The molecule has 1 heteroatoms. The molecule has 0 aliphatic carbocycles. The molecule has 0 aromatic heterocycles. The Hall–Kier alpha value is -2.24. The van der Waals surface area contributed by atoms with Crippen LogP contribution in [-0.4, -0.2) is 7.11 Å². The van der Waals surface area contributed by atoms with Crippen molar-refractivity contribution in [3.63, 3.8) is 0 Å². The standard InChI is InChI=1S/C19H20O/c1-14-12-15(2)19(16(3)13-14)7-5-6-17-8-10-18(20-4)11-9-17/h6-13H,1-4H3. The first-order chi connectivity index (χ1) is 9.60. The molecule has 0 saturated heterocycles. The fraction of sp³-hybridized carbons (Fsp3) is 0.211. The van der Waals surface area contributed by atoms with E-state index >= 15 is 0 Å². The zero-order chi connectivity index (χ0) is 14.5. The summed E-state index contributed by atoms with van der Waals surface area (Å²) in [4.78, 5) is 0. The van der Waals surface area contributed by atoms with E-state index in [1.807, 2.05) is 36.4 Å². The zero-order valence-electron chi connectivity index (χ0n) is 12.5. The summed E-state index contributed by atoms with van der Waals surface area (Å²) in [6, 6.07) is 12.4. The van der Waals surface area contributed by atoms with Crippen LogP contribution < -0.4 is 4.74 Å². The van der Waals surface area contributed by atoms with Crippen molar-refractivity contribution in [2.75, 3.05) is 7.11 Å². The van der Waals surface area contributed by atoms with Crippen LogP contribution in [0.4, 0.5) is 0 Å². The topological polar surface area (TPSA) is 9.23 Å². The predicted octanol–water partition coefficient (Wildman–Crippen LogP) is 4.95. The highest BCUT2D eigenvalue weighted by molar-refractivity contribution is 5.62. The van der Waals surface area contributed by atoms with Gasteiger partial charge in [0.15, 0.2) is 0 Å². The molecule has 0 atom stereocenters. The monoisotopic (exact) mass is 264 g/mol. The Morgan fingerprint density at radius 1 is 0.900 bits per heavy atom. The molecule has 2 aromatic carbocycles. The van der Waals surface area contributed by atoms with E-state index in [0.717, 1.165) is 11.3 Å². The smallest absolute Gasteiger partial charge is 0.118 e. The van der Waals surface area contributed by atoms with Crippen LogP contribution in [-0.2, 0) is 0 Å². The highest BCUT2D eigenvalue weighted by atomic mass is 16.5. The number of benzene rings is 2. The molecule has 0 aliphatic rings. The molecule has 0 bridgehead atoms. The van der Waals surface area contributed by atoms with Crippen molar-refractivity contribution in [2.45, 2.75) is 20.8 Å². The maximum atomic E-state index is 5.14. The summed E-state index contributed by atoms with van der Waals surface area (Å²) in [7, 11) is 1.67. The molecule has 1 nitrogen and oxygen atoms in total. The number of hydrogen-bond acceptors (Lipinski definition) is 1. The van der Waals surface area contributed by atoms with E-state index in [1.165, 1.54) is 22.3 Å². The minimum atomic E-state index is 0.872. The van der Waals surface area contributed by atoms with Crippen LogP contribution in [0.2, 0.25) is 0 Å². The maximum absolute atomic E-state index is 5.14. The summed E-state index contributed by atoms with van der Waals surface area (Å²) < 4.78 is 5.14. The second-order valence-corrected chi connectivity index (χ2v) is 5.04. The summed E-state index contributed by atoms with van der Waals surface area (Å²) in [5.41, 5.74) is 9.51. The van der Waals surface area contributed by atoms with Gasteiger partial charge in [-0.3, -0.25) is 0 Å². The highest BCUT2D eigenvalue weighted by Gasteiger charge is 1.99. The molecule has 0 amide bonds. The van der Waals surface area contributed by atoms with Gasteiger partial charge in [0.1, 0.15) is 5.75 Å². The number of ether oxygens (including phenoxy) is 1. The van der Waals surface area contributed by atoms with E-state index in [0.29, 0.717) is 0 Å². The van der Waals surface area contributed by atoms with Gasteiger partial charge in [0, 0.05) is 0 Å². The van der Waals surface area contributed by atoms with Crippen LogP contribution in [0.1, 0.15) is 27.8 Å². The van der Waals surface area contributed by atoms with Gasteiger partial charge < -0.3 is 4.74 Å². The second-order valence-electron chi connectivity index (χ2n) is 5.04. The fourth-order valence-corrected chi connectivity index (χ4v) is 2.34. The molecule has 0 aliphatic heterocycles. The Morgan fingerprint density at radius 3 is 2.05 bits per heavy atom. The number of aryl methyl sites for hydroxylation is 3. The molecule has 2 rings (SSSR count). The molecule has 0 spiro atoms. The number of rotatable bonds is 3. The van der Waals surface area contributed by atoms with E-state index in [9.17, 15) is 0 Å². The lowest BCUT2D eigenvalue weighted by atomic mass is 10.00. The summed E-state index contributed by atoms with van der Waals surface area (Å²) in [5, 5.41) is 0. The molecule has 20 heavy (non-hydrogen) atoms. The van der Waals surface area contributed by atoms with E-state index < -0.39 is 0 Å². The zero-order valence-corrected chi connectivity index (χ0v) is 12.5. The third-order valence-electron chi connectivity index (χ3n) is 3.33. The van der Waals surface area contributed by atoms with Crippen molar-refractivity contribution in [3.05, 3.63) is 69.9 Å². The van der Waals surface area contributed by atoms with Gasteiger partial charge in [-0.05, 0) is 67.3 Å². The summed E-state index contributed by atoms with van der Waals surface area (Å²) in [5.74, 6) is 0.872. The average molecular weight is 264 g/mol. The van der Waals surface area contributed by atoms with Crippen molar-refractivity contribution >= 4 is 12.2 Å². The van der Waals surface area contributed by atoms with E-state index in [1.54, 1.807) is 7.11 Å². The molecular weight excluding hydrogens is 244 g/mol. The first-order valence-electron chi connectivity index (χ1n) is 6.74. The molecule has 0 saturated carbocycles. The minimum Gasteiger partial charge on any atom is -0.497 e. The van der Waals surface area contributed by atoms with E-state index in [4.69, 9.17) is 4.74 Å². The van der Waals surface area contributed by atoms with Crippen LogP contribution in [0.3, 0.4) is 0 Å². The van der Waals surface area contributed by atoms with Crippen molar-refractivity contribution in [2.24, 2.45) is 0 Å². The van der Waals surface area contributed by atoms with Crippen LogP contribution >= 0.6 is 0 Å². The Labute approximate surface area is 121 Å². The molecule has 102 valence electrons. The summed E-state index contributed by atoms with van der Waals surface area (Å²) in [6.07, 6.45) is 4.03. The molecule has 0 unspecified atom stereocenters. The van der Waals surface area contributed by atoms with Crippen molar-refractivity contribution in [1.82, 2.24) is 0 Å². The normalized spacial score (nSPS) is 9.80. The molecule has 0 heterocycles. The molecule has 0 radical (unpaired) electrons.